The maximum Gasteiger partial charge on any atom is 0.0738 e. The number of aryl methyl sites for hydroxylation is 2. The summed E-state index contributed by atoms with van der Waals surface area (Å²) in [6, 6.07) is 8.25. The first-order valence-corrected chi connectivity index (χ1v) is 8.13. The normalized spacial score (nSPS) is 12.7. The second-order valence-electron chi connectivity index (χ2n) is 4.49. The maximum absolute atomic E-state index is 6.36. The van der Waals surface area contributed by atoms with Crippen molar-refractivity contribution in [2.75, 3.05) is 0 Å². The number of nitrogens with two attached hydrogens (primary N) is 1. The second-order valence-corrected chi connectivity index (χ2v) is 6.45. The van der Waals surface area contributed by atoms with Crippen molar-refractivity contribution < 1.29 is 0 Å². The predicted molar refractivity (Wildman–Crippen MR) is 90.1 cm³/mol. The van der Waals surface area contributed by atoms with Gasteiger partial charge in [0, 0.05) is 22.6 Å². The lowest BCUT2D eigenvalue weighted by Crippen LogP contribution is -2.17. The van der Waals surface area contributed by atoms with Crippen molar-refractivity contribution in [1.82, 2.24) is 9.78 Å². The van der Waals surface area contributed by atoms with E-state index >= 15 is 0 Å². The van der Waals surface area contributed by atoms with Crippen LogP contribution in [0, 0.1) is 10.5 Å². The van der Waals surface area contributed by atoms with E-state index in [1.54, 1.807) is 0 Å². The summed E-state index contributed by atoms with van der Waals surface area (Å²) in [5.41, 5.74) is 9.75. The predicted octanol–water partition coefficient (Wildman–Crippen LogP) is 3.82. The fourth-order valence-electron chi connectivity index (χ4n) is 2.16. The van der Waals surface area contributed by atoms with Gasteiger partial charge in [0.2, 0.25) is 0 Å². The van der Waals surface area contributed by atoms with Gasteiger partial charge in [0.25, 0.3) is 0 Å². The van der Waals surface area contributed by atoms with E-state index in [9.17, 15) is 0 Å². The number of nitrogens with zero attached hydrogens (tertiary/aromatic N) is 2. The Labute approximate surface area is 135 Å². The molecule has 0 radical (unpaired) electrons. The zero-order valence-corrected chi connectivity index (χ0v) is 14.8. The summed E-state index contributed by atoms with van der Waals surface area (Å²) in [7, 11) is 0. The highest BCUT2D eigenvalue weighted by Crippen LogP contribution is 2.27. The number of benzene rings is 1. The number of hydrogen-bond donors (Lipinski definition) is 1. The topological polar surface area (TPSA) is 43.8 Å². The lowest BCUT2D eigenvalue weighted by atomic mass is 10.0. The van der Waals surface area contributed by atoms with Gasteiger partial charge in [-0.25, -0.2) is 0 Å². The van der Waals surface area contributed by atoms with Crippen molar-refractivity contribution in [3.8, 4) is 0 Å². The Morgan fingerprint density at radius 3 is 2.74 bits per heavy atom. The first kappa shape index (κ1) is 15.0. The van der Waals surface area contributed by atoms with Gasteiger partial charge >= 0.3 is 0 Å². The summed E-state index contributed by atoms with van der Waals surface area (Å²) in [6.07, 6.45) is 0.787. The Morgan fingerprint density at radius 1 is 1.42 bits per heavy atom. The van der Waals surface area contributed by atoms with Crippen LogP contribution < -0.4 is 5.73 Å². The molecule has 0 amide bonds. The monoisotopic (exact) mass is 433 g/mol. The SMILES string of the molecule is CCn1nc(C)c(Br)c1CC(N)c1ccccc1I. The number of aromatic nitrogens is 2. The van der Waals surface area contributed by atoms with Gasteiger partial charge in [-0.05, 0) is 64.0 Å². The first-order chi connectivity index (χ1) is 9.04. The van der Waals surface area contributed by atoms with E-state index in [1.807, 2.05) is 23.7 Å². The number of rotatable bonds is 4. The summed E-state index contributed by atoms with van der Waals surface area (Å²) in [5.74, 6) is 0. The van der Waals surface area contributed by atoms with Crippen LogP contribution in [-0.2, 0) is 13.0 Å². The van der Waals surface area contributed by atoms with Gasteiger partial charge in [0.15, 0.2) is 0 Å². The van der Waals surface area contributed by atoms with Crippen molar-refractivity contribution in [2.24, 2.45) is 5.73 Å². The largest absolute Gasteiger partial charge is 0.324 e. The smallest absolute Gasteiger partial charge is 0.0738 e. The van der Waals surface area contributed by atoms with Crippen LogP contribution in [0.3, 0.4) is 0 Å². The second kappa shape index (κ2) is 6.37. The third kappa shape index (κ3) is 3.20. The minimum absolute atomic E-state index is 0.00852. The van der Waals surface area contributed by atoms with E-state index in [-0.39, 0.29) is 6.04 Å². The summed E-state index contributed by atoms with van der Waals surface area (Å²) in [6.45, 7) is 4.97. The van der Waals surface area contributed by atoms with Crippen molar-refractivity contribution in [2.45, 2.75) is 32.9 Å². The van der Waals surface area contributed by atoms with Crippen LogP contribution >= 0.6 is 38.5 Å². The zero-order chi connectivity index (χ0) is 14.0. The number of hydrogen-bond acceptors (Lipinski definition) is 2. The molecule has 1 atom stereocenters. The molecule has 2 rings (SSSR count). The summed E-state index contributed by atoms with van der Waals surface area (Å²) in [5, 5.41) is 4.51. The summed E-state index contributed by atoms with van der Waals surface area (Å²) < 4.78 is 4.31. The molecule has 1 heterocycles. The van der Waals surface area contributed by atoms with E-state index in [0.717, 1.165) is 23.1 Å². The van der Waals surface area contributed by atoms with E-state index in [1.165, 1.54) is 14.8 Å². The standard InChI is InChI=1S/C14H17BrIN3/c1-3-19-13(14(15)9(2)18-19)8-12(17)10-6-4-5-7-11(10)16/h4-7,12H,3,8,17H2,1-2H3. The van der Waals surface area contributed by atoms with Crippen molar-refractivity contribution >= 4 is 38.5 Å². The molecule has 3 nitrogen and oxygen atoms in total. The Bertz CT molecular complexity index is 580. The van der Waals surface area contributed by atoms with E-state index in [2.05, 4.69) is 62.7 Å². The highest BCUT2D eigenvalue weighted by atomic mass is 127. The molecule has 5 heteroatoms. The van der Waals surface area contributed by atoms with Gasteiger partial charge in [-0.1, -0.05) is 18.2 Å². The van der Waals surface area contributed by atoms with Crippen LogP contribution in [0.1, 0.15) is 29.9 Å². The first-order valence-electron chi connectivity index (χ1n) is 6.26. The van der Waals surface area contributed by atoms with Gasteiger partial charge in [-0.2, -0.15) is 5.10 Å². The Morgan fingerprint density at radius 2 is 2.11 bits per heavy atom. The minimum atomic E-state index is -0.00852. The molecule has 1 aromatic heterocycles. The lowest BCUT2D eigenvalue weighted by molar-refractivity contribution is 0.585. The molecule has 0 aliphatic rings. The number of halogens is 2. The van der Waals surface area contributed by atoms with Crippen LogP contribution in [0.2, 0.25) is 0 Å². The van der Waals surface area contributed by atoms with Gasteiger partial charge in [-0.15, -0.1) is 0 Å². The molecular weight excluding hydrogens is 417 g/mol. The van der Waals surface area contributed by atoms with Crippen LogP contribution in [-0.4, -0.2) is 9.78 Å². The highest BCUT2D eigenvalue weighted by molar-refractivity contribution is 14.1. The van der Waals surface area contributed by atoms with Gasteiger partial charge < -0.3 is 5.73 Å². The molecule has 19 heavy (non-hydrogen) atoms. The zero-order valence-electron chi connectivity index (χ0n) is 11.0. The summed E-state index contributed by atoms with van der Waals surface area (Å²) >= 11 is 5.96. The van der Waals surface area contributed by atoms with E-state index in [0.29, 0.717) is 0 Å². The quantitative estimate of drug-likeness (QED) is 0.744. The third-order valence-corrected chi connectivity index (χ3v) is 5.18. The molecule has 0 spiro atoms. The van der Waals surface area contributed by atoms with Crippen LogP contribution in [0.4, 0.5) is 0 Å². The molecule has 1 aromatic carbocycles. The lowest BCUT2D eigenvalue weighted by Gasteiger charge is -2.15. The molecule has 102 valence electrons. The van der Waals surface area contributed by atoms with E-state index < -0.39 is 0 Å². The van der Waals surface area contributed by atoms with Crippen LogP contribution in [0.5, 0.6) is 0 Å². The molecule has 0 saturated carbocycles. The third-order valence-electron chi connectivity index (χ3n) is 3.17. The molecule has 0 aliphatic heterocycles. The maximum atomic E-state index is 6.36. The molecule has 0 bridgehead atoms. The van der Waals surface area contributed by atoms with Crippen molar-refractivity contribution in [3.05, 3.63) is 49.3 Å². The fraction of sp³-hybridized carbons (Fsp3) is 0.357. The summed E-state index contributed by atoms with van der Waals surface area (Å²) in [4.78, 5) is 0. The Hall–Kier alpha value is -0.400. The molecule has 2 N–H and O–H groups in total. The molecular formula is C14H17BrIN3. The van der Waals surface area contributed by atoms with Crippen molar-refractivity contribution in [3.63, 3.8) is 0 Å². The van der Waals surface area contributed by atoms with Gasteiger partial charge in [-0.3, -0.25) is 4.68 Å². The molecule has 2 aromatic rings. The van der Waals surface area contributed by atoms with Gasteiger partial charge in [0.05, 0.1) is 15.9 Å². The molecule has 0 saturated heterocycles. The fourth-order valence-corrected chi connectivity index (χ4v) is 3.39. The Balaban J connectivity index is 2.29. The minimum Gasteiger partial charge on any atom is -0.324 e. The van der Waals surface area contributed by atoms with Crippen LogP contribution in [0.25, 0.3) is 0 Å². The van der Waals surface area contributed by atoms with Crippen molar-refractivity contribution in [1.29, 1.82) is 0 Å². The van der Waals surface area contributed by atoms with Crippen LogP contribution in [0.15, 0.2) is 28.7 Å². The molecule has 1 unspecified atom stereocenters. The van der Waals surface area contributed by atoms with Gasteiger partial charge in [0.1, 0.15) is 0 Å². The molecule has 0 fully saturated rings. The highest BCUT2D eigenvalue weighted by Gasteiger charge is 2.17. The Kier molecular flexibility index (Phi) is 5.03. The van der Waals surface area contributed by atoms with E-state index in [4.69, 9.17) is 5.73 Å². The average molecular weight is 434 g/mol. The average Bonchev–Trinajstić information content (AvgIpc) is 2.67. The molecule has 0 aliphatic carbocycles.